The zero-order valence-electron chi connectivity index (χ0n) is 10.9. The molecule has 84 valence electrons. The van der Waals surface area contributed by atoms with Crippen molar-refractivity contribution in [3.63, 3.8) is 0 Å². The van der Waals surface area contributed by atoms with Crippen LogP contribution in [0.1, 0.15) is 43.9 Å². The second-order valence-electron chi connectivity index (χ2n) is 4.56. The number of hydrogen-bond donors (Lipinski definition) is 0. The summed E-state index contributed by atoms with van der Waals surface area (Å²) < 4.78 is 0. The maximum absolute atomic E-state index is 3.00. The van der Waals surface area contributed by atoms with E-state index in [1.165, 1.54) is 23.1 Å². The van der Waals surface area contributed by atoms with Gasteiger partial charge >= 0.3 is 0 Å². The Morgan fingerprint density at radius 2 is 1.67 bits per heavy atom. The van der Waals surface area contributed by atoms with Crippen LogP contribution < -0.4 is 0 Å². The van der Waals surface area contributed by atoms with Crippen LogP contribution in [0, 0.1) is 13.8 Å². The van der Waals surface area contributed by atoms with Gasteiger partial charge in [-0.2, -0.15) is 0 Å². The Bertz CT molecular complexity index is 308. The zero-order valence-corrected chi connectivity index (χ0v) is 10.9. The minimum Gasteiger partial charge on any atom is -0.106 e. The first kappa shape index (κ1) is 14.0. The predicted octanol–water partition coefficient (Wildman–Crippen LogP) is 4.79. The molecule has 0 nitrogen and oxygen atoms in total. The van der Waals surface area contributed by atoms with E-state index < -0.39 is 0 Å². The fourth-order valence-electron chi connectivity index (χ4n) is 1.66. The lowest BCUT2D eigenvalue weighted by Gasteiger charge is -2.25. The molecule has 0 heterocycles. The Balaban J connectivity index is 0.000000921. The van der Waals surface area contributed by atoms with Crippen molar-refractivity contribution >= 4 is 0 Å². The topological polar surface area (TPSA) is 0 Å². The van der Waals surface area contributed by atoms with Crippen LogP contribution in [0.5, 0.6) is 0 Å². The van der Waals surface area contributed by atoms with Crippen LogP contribution in [-0.2, 0) is 5.41 Å². The molecule has 0 saturated carbocycles. The number of aryl methyl sites for hydroxylation is 2. The van der Waals surface area contributed by atoms with Gasteiger partial charge in [0.05, 0.1) is 0 Å². The van der Waals surface area contributed by atoms with Crippen LogP contribution in [0.4, 0.5) is 0 Å². The molecular formula is C15H24. The molecule has 0 aromatic heterocycles. The molecule has 0 N–H and O–H groups in total. The van der Waals surface area contributed by atoms with Crippen LogP contribution in [-0.4, -0.2) is 0 Å². The first-order valence-electron chi connectivity index (χ1n) is 5.55. The summed E-state index contributed by atoms with van der Waals surface area (Å²) >= 11 is 0. The largest absolute Gasteiger partial charge is 0.106 e. The van der Waals surface area contributed by atoms with E-state index in [-0.39, 0.29) is 0 Å². The van der Waals surface area contributed by atoms with Gasteiger partial charge in [-0.05, 0) is 36.8 Å². The molecule has 0 aliphatic heterocycles. The molecule has 1 rings (SSSR count). The van der Waals surface area contributed by atoms with Gasteiger partial charge in [0.15, 0.2) is 0 Å². The van der Waals surface area contributed by atoms with Crippen LogP contribution in [0.15, 0.2) is 31.4 Å². The van der Waals surface area contributed by atoms with E-state index in [9.17, 15) is 0 Å². The predicted molar refractivity (Wildman–Crippen MR) is 70.5 cm³/mol. The van der Waals surface area contributed by atoms with Crippen molar-refractivity contribution in [2.45, 2.75) is 46.5 Å². The third kappa shape index (κ3) is 3.54. The summed E-state index contributed by atoms with van der Waals surface area (Å²) in [5.74, 6) is 0. The van der Waals surface area contributed by atoms with Crippen molar-refractivity contribution in [3.8, 4) is 0 Å². The van der Waals surface area contributed by atoms with Crippen LogP contribution >= 0.6 is 0 Å². The van der Waals surface area contributed by atoms with Gasteiger partial charge in [-0.3, -0.25) is 0 Å². The lowest BCUT2D eigenvalue weighted by atomic mass is 9.79. The van der Waals surface area contributed by atoms with Gasteiger partial charge in [-0.15, -0.1) is 13.2 Å². The first-order valence-corrected chi connectivity index (χ1v) is 5.55. The zero-order chi connectivity index (χ0) is 12.1. The summed E-state index contributed by atoms with van der Waals surface area (Å²) in [4.78, 5) is 0. The van der Waals surface area contributed by atoms with Crippen LogP contribution in [0.25, 0.3) is 0 Å². The molecule has 0 bridgehead atoms. The molecule has 15 heavy (non-hydrogen) atoms. The minimum absolute atomic E-state index is 0.316. The Labute approximate surface area is 95.0 Å². The highest BCUT2D eigenvalue weighted by Crippen LogP contribution is 2.29. The number of hydrogen-bond acceptors (Lipinski definition) is 0. The third-order valence-electron chi connectivity index (χ3n) is 3.01. The fourth-order valence-corrected chi connectivity index (χ4v) is 1.66. The maximum atomic E-state index is 3.00. The molecule has 0 aliphatic rings. The molecule has 0 atom stereocenters. The molecule has 0 amide bonds. The van der Waals surface area contributed by atoms with E-state index in [2.05, 4.69) is 66.0 Å². The summed E-state index contributed by atoms with van der Waals surface area (Å²) in [6.07, 6.45) is 1.19. The summed E-state index contributed by atoms with van der Waals surface area (Å²) in [6.45, 7) is 17.2. The molecule has 0 spiro atoms. The molecule has 0 radical (unpaired) electrons. The standard InChI is InChI=1S/C13H20.C2H4/c1-6-13(4,5)12-9-10(2)7-8-11(12)3;1-2/h7-9H,6H2,1-5H3;1-2H2. The molecule has 0 fully saturated rings. The smallest absolute Gasteiger partial charge is 0.0103 e. The van der Waals surface area contributed by atoms with E-state index in [4.69, 9.17) is 0 Å². The van der Waals surface area contributed by atoms with Gasteiger partial charge < -0.3 is 0 Å². The van der Waals surface area contributed by atoms with E-state index in [0.717, 1.165) is 0 Å². The van der Waals surface area contributed by atoms with Crippen LogP contribution in [0.3, 0.4) is 0 Å². The first-order chi connectivity index (χ1) is 6.97. The third-order valence-corrected chi connectivity index (χ3v) is 3.01. The molecule has 0 heteroatoms. The van der Waals surface area contributed by atoms with Crippen molar-refractivity contribution in [1.82, 2.24) is 0 Å². The lowest BCUT2D eigenvalue weighted by molar-refractivity contribution is 0.503. The van der Waals surface area contributed by atoms with Crippen molar-refractivity contribution in [2.24, 2.45) is 0 Å². The maximum Gasteiger partial charge on any atom is -0.0103 e. The minimum atomic E-state index is 0.316. The molecule has 0 unspecified atom stereocenters. The normalized spacial score (nSPS) is 10.5. The number of rotatable bonds is 2. The average molecular weight is 204 g/mol. The highest BCUT2D eigenvalue weighted by molar-refractivity contribution is 5.35. The lowest BCUT2D eigenvalue weighted by Crippen LogP contribution is -2.17. The summed E-state index contributed by atoms with van der Waals surface area (Å²) in [6, 6.07) is 6.73. The summed E-state index contributed by atoms with van der Waals surface area (Å²) in [7, 11) is 0. The van der Waals surface area contributed by atoms with Gasteiger partial charge in [0.2, 0.25) is 0 Å². The van der Waals surface area contributed by atoms with E-state index in [1.54, 1.807) is 0 Å². The quantitative estimate of drug-likeness (QED) is 0.607. The fraction of sp³-hybridized carbons (Fsp3) is 0.467. The molecule has 0 aliphatic carbocycles. The van der Waals surface area contributed by atoms with E-state index in [1.807, 2.05) is 0 Å². The molecule has 0 saturated heterocycles. The highest BCUT2D eigenvalue weighted by atomic mass is 14.2. The summed E-state index contributed by atoms with van der Waals surface area (Å²) in [5, 5.41) is 0. The molecule has 1 aromatic carbocycles. The highest BCUT2D eigenvalue weighted by Gasteiger charge is 2.19. The second-order valence-corrected chi connectivity index (χ2v) is 4.56. The molecule has 1 aromatic rings. The monoisotopic (exact) mass is 204 g/mol. The number of benzene rings is 1. The van der Waals surface area contributed by atoms with E-state index in [0.29, 0.717) is 5.41 Å². The van der Waals surface area contributed by atoms with Gasteiger partial charge in [-0.25, -0.2) is 0 Å². The van der Waals surface area contributed by atoms with Crippen molar-refractivity contribution < 1.29 is 0 Å². The van der Waals surface area contributed by atoms with Crippen LogP contribution in [0.2, 0.25) is 0 Å². The van der Waals surface area contributed by atoms with Gasteiger partial charge in [-0.1, -0.05) is 44.5 Å². The average Bonchev–Trinajstić information content (AvgIpc) is 2.24. The van der Waals surface area contributed by atoms with Crippen molar-refractivity contribution in [2.75, 3.05) is 0 Å². The van der Waals surface area contributed by atoms with Gasteiger partial charge in [0, 0.05) is 0 Å². The van der Waals surface area contributed by atoms with Gasteiger partial charge in [0.1, 0.15) is 0 Å². The Morgan fingerprint density at radius 1 is 1.13 bits per heavy atom. The van der Waals surface area contributed by atoms with Gasteiger partial charge in [0.25, 0.3) is 0 Å². The SMILES string of the molecule is C=C.CCC(C)(C)c1cc(C)ccc1C. The van der Waals surface area contributed by atoms with Crippen molar-refractivity contribution in [3.05, 3.63) is 48.0 Å². The Kier molecular flexibility index (Phi) is 5.35. The summed E-state index contributed by atoms with van der Waals surface area (Å²) in [5.41, 5.74) is 4.59. The van der Waals surface area contributed by atoms with Crippen molar-refractivity contribution in [1.29, 1.82) is 0 Å². The molecular weight excluding hydrogens is 180 g/mol. The Hall–Kier alpha value is -1.04. The second kappa shape index (κ2) is 5.75. The Morgan fingerprint density at radius 3 is 2.13 bits per heavy atom. The van der Waals surface area contributed by atoms with E-state index >= 15 is 0 Å².